The third-order valence-electron chi connectivity index (χ3n) is 8.17. The Morgan fingerprint density at radius 1 is 0.955 bits per heavy atom. The Morgan fingerprint density at radius 2 is 1.59 bits per heavy atom. The predicted molar refractivity (Wildman–Crippen MR) is 90.4 cm³/mol. The van der Waals surface area contributed by atoms with Gasteiger partial charge in [-0.05, 0) is 73.0 Å². The predicted octanol–water partition coefficient (Wildman–Crippen LogP) is 4.16. The fraction of sp³-hybridized carbons (Fsp3) is 0.900. The molecule has 3 rings (SSSR count). The Morgan fingerprint density at radius 3 is 2.18 bits per heavy atom. The van der Waals surface area contributed by atoms with E-state index in [2.05, 4.69) is 41.2 Å². The average Bonchev–Trinajstić information content (AvgIpc) is 2.75. The van der Waals surface area contributed by atoms with Crippen molar-refractivity contribution in [1.82, 2.24) is 0 Å². The van der Waals surface area contributed by atoms with E-state index >= 15 is 0 Å². The van der Waals surface area contributed by atoms with Crippen molar-refractivity contribution in [2.75, 3.05) is 0 Å². The van der Waals surface area contributed by atoms with E-state index in [0.29, 0.717) is 23.2 Å². The van der Waals surface area contributed by atoms with Crippen molar-refractivity contribution >= 4 is 0 Å². The highest BCUT2D eigenvalue weighted by Gasteiger charge is 2.65. The Labute approximate surface area is 136 Å². The molecule has 0 bridgehead atoms. The summed E-state index contributed by atoms with van der Waals surface area (Å²) in [6.07, 6.45) is 4.49. The summed E-state index contributed by atoms with van der Waals surface area (Å²) in [4.78, 5) is 0. The maximum Gasteiger partial charge on any atom is 0.0852 e. The molecule has 0 amide bonds. The standard InChI is InChI=1S/C20H34O2/c1-12(2)13-7-8-16-19(13,5)10-9-15-18(3,4)17(22)14(21)11-20(15,16)6/h13-17,21-22H,1,7-11H2,2-6H3. The molecule has 2 nitrogen and oxygen atoms in total. The number of aliphatic hydroxyl groups is 2. The summed E-state index contributed by atoms with van der Waals surface area (Å²) in [5.41, 5.74) is 1.60. The number of allylic oxidation sites excluding steroid dienone is 1. The van der Waals surface area contributed by atoms with Crippen LogP contribution < -0.4 is 0 Å². The summed E-state index contributed by atoms with van der Waals surface area (Å²) in [5.74, 6) is 1.77. The molecule has 3 saturated carbocycles. The molecule has 7 unspecified atom stereocenters. The molecule has 3 aliphatic rings. The lowest BCUT2D eigenvalue weighted by Crippen LogP contribution is -2.62. The molecule has 0 aliphatic heterocycles. The minimum Gasteiger partial charge on any atom is -0.390 e. The Bertz CT molecular complexity index is 482. The summed E-state index contributed by atoms with van der Waals surface area (Å²) in [6.45, 7) is 15.7. The smallest absolute Gasteiger partial charge is 0.0852 e. The van der Waals surface area contributed by atoms with Crippen LogP contribution in [0.25, 0.3) is 0 Å². The van der Waals surface area contributed by atoms with Crippen LogP contribution in [0.2, 0.25) is 0 Å². The van der Waals surface area contributed by atoms with Gasteiger partial charge in [0, 0.05) is 0 Å². The highest BCUT2D eigenvalue weighted by atomic mass is 16.3. The molecule has 3 fully saturated rings. The van der Waals surface area contributed by atoms with Gasteiger partial charge in [-0.2, -0.15) is 0 Å². The summed E-state index contributed by atoms with van der Waals surface area (Å²) < 4.78 is 0. The van der Waals surface area contributed by atoms with E-state index in [-0.39, 0.29) is 10.8 Å². The molecule has 2 heteroatoms. The molecule has 0 radical (unpaired) electrons. The maximum atomic E-state index is 10.5. The zero-order valence-corrected chi connectivity index (χ0v) is 15.0. The second-order valence-corrected chi connectivity index (χ2v) is 9.67. The molecular formula is C20H34O2. The van der Waals surface area contributed by atoms with Crippen molar-refractivity contribution in [3.63, 3.8) is 0 Å². The van der Waals surface area contributed by atoms with Crippen LogP contribution in [0.15, 0.2) is 12.2 Å². The van der Waals surface area contributed by atoms with Gasteiger partial charge in [0.2, 0.25) is 0 Å². The first-order valence-corrected chi connectivity index (χ1v) is 9.06. The minimum absolute atomic E-state index is 0.138. The number of hydrogen-bond acceptors (Lipinski definition) is 2. The SMILES string of the molecule is C=C(C)C1CCC2C1(C)CCC1C(C)(C)C(O)C(O)CC12C. The largest absolute Gasteiger partial charge is 0.390 e. The Kier molecular flexibility index (Phi) is 3.63. The van der Waals surface area contributed by atoms with Crippen LogP contribution in [-0.2, 0) is 0 Å². The van der Waals surface area contributed by atoms with Gasteiger partial charge in [0.25, 0.3) is 0 Å². The fourth-order valence-electron chi connectivity index (χ4n) is 7.27. The Balaban J connectivity index is 2.02. The molecule has 0 aromatic rings. The second-order valence-electron chi connectivity index (χ2n) is 9.67. The molecule has 126 valence electrons. The van der Waals surface area contributed by atoms with Crippen LogP contribution in [0.3, 0.4) is 0 Å². The van der Waals surface area contributed by atoms with E-state index in [9.17, 15) is 10.2 Å². The zero-order valence-electron chi connectivity index (χ0n) is 15.0. The van der Waals surface area contributed by atoms with E-state index in [1.807, 2.05) is 0 Å². The van der Waals surface area contributed by atoms with Gasteiger partial charge in [0.15, 0.2) is 0 Å². The normalized spacial score (nSPS) is 53.7. The van der Waals surface area contributed by atoms with E-state index < -0.39 is 12.2 Å². The second kappa shape index (κ2) is 4.83. The van der Waals surface area contributed by atoms with Crippen LogP contribution in [-0.4, -0.2) is 22.4 Å². The van der Waals surface area contributed by atoms with Crippen molar-refractivity contribution in [1.29, 1.82) is 0 Å². The molecular weight excluding hydrogens is 272 g/mol. The quantitative estimate of drug-likeness (QED) is 0.714. The number of hydrogen-bond donors (Lipinski definition) is 2. The molecule has 0 aromatic carbocycles. The minimum atomic E-state index is -0.590. The summed E-state index contributed by atoms with van der Waals surface area (Å²) >= 11 is 0. The number of aliphatic hydroxyl groups excluding tert-OH is 2. The average molecular weight is 306 g/mol. The van der Waals surface area contributed by atoms with E-state index in [4.69, 9.17) is 0 Å². The number of rotatable bonds is 1. The zero-order chi connectivity index (χ0) is 16.5. The van der Waals surface area contributed by atoms with Crippen molar-refractivity contribution < 1.29 is 10.2 Å². The summed E-state index contributed by atoms with van der Waals surface area (Å²) in [7, 11) is 0. The fourth-order valence-corrected chi connectivity index (χ4v) is 7.27. The van der Waals surface area contributed by atoms with Crippen molar-refractivity contribution in [2.45, 2.75) is 78.9 Å². The van der Waals surface area contributed by atoms with Gasteiger partial charge < -0.3 is 10.2 Å². The molecule has 0 heterocycles. The van der Waals surface area contributed by atoms with E-state index in [0.717, 1.165) is 6.42 Å². The van der Waals surface area contributed by atoms with E-state index in [1.54, 1.807) is 0 Å². The van der Waals surface area contributed by atoms with Gasteiger partial charge in [0.1, 0.15) is 0 Å². The lowest BCUT2D eigenvalue weighted by atomic mass is 9.42. The molecule has 0 saturated heterocycles. The highest BCUT2D eigenvalue weighted by Crippen LogP contribution is 2.70. The van der Waals surface area contributed by atoms with E-state index in [1.165, 1.54) is 31.3 Å². The third kappa shape index (κ3) is 1.92. The first-order valence-electron chi connectivity index (χ1n) is 9.06. The molecule has 3 aliphatic carbocycles. The van der Waals surface area contributed by atoms with Gasteiger partial charge >= 0.3 is 0 Å². The highest BCUT2D eigenvalue weighted by molar-refractivity contribution is 5.18. The van der Waals surface area contributed by atoms with Gasteiger partial charge in [-0.1, -0.05) is 39.8 Å². The first-order chi connectivity index (χ1) is 10.0. The van der Waals surface area contributed by atoms with Gasteiger partial charge in [-0.25, -0.2) is 0 Å². The van der Waals surface area contributed by atoms with Crippen molar-refractivity contribution in [2.24, 2.45) is 34.0 Å². The van der Waals surface area contributed by atoms with Crippen molar-refractivity contribution in [3.8, 4) is 0 Å². The summed E-state index contributed by atoms with van der Waals surface area (Å²) in [5, 5.41) is 21.1. The molecule has 0 aromatic heterocycles. The molecule has 2 N–H and O–H groups in total. The van der Waals surface area contributed by atoms with Crippen LogP contribution in [0.5, 0.6) is 0 Å². The third-order valence-corrected chi connectivity index (χ3v) is 8.17. The van der Waals surface area contributed by atoms with Gasteiger partial charge in [-0.3, -0.25) is 0 Å². The van der Waals surface area contributed by atoms with Gasteiger partial charge in [-0.15, -0.1) is 0 Å². The van der Waals surface area contributed by atoms with Crippen LogP contribution >= 0.6 is 0 Å². The molecule has 7 atom stereocenters. The monoisotopic (exact) mass is 306 g/mol. The molecule has 22 heavy (non-hydrogen) atoms. The first kappa shape index (κ1) is 16.5. The maximum absolute atomic E-state index is 10.5. The van der Waals surface area contributed by atoms with Gasteiger partial charge in [0.05, 0.1) is 12.2 Å². The topological polar surface area (TPSA) is 40.5 Å². The lowest BCUT2D eigenvalue weighted by molar-refractivity contribution is -0.207. The lowest BCUT2D eigenvalue weighted by Gasteiger charge is -2.64. The Hall–Kier alpha value is -0.340. The van der Waals surface area contributed by atoms with Crippen molar-refractivity contribution in [3.05, 3.63) is 12.2 Å². The number of fused-ring (bicyclic) bond motifs is 3. The van der Waals surface area contributed by atoms with Crippen LogP contribution in [0.4, 0.5) is 0 Å². The van der Waals surface area contributed by atoms with Crippen LogP contribution in [0, 0.1) is 34.0 Å². The van der Waals surface area contributed by atoms with Crippen LogP contribution in [0.1, 0.15) is 66.7 Å². The molecule has 0 spiro atoms. The summed E-state index contributed by atoms with van der Waals surface area (Å²) in [6, 6.07) is 0.